The molecule has 1 aromatic heterocycles. The zero-order chi connectivity index (χ0) is 24.9. The van der Waals surface area contributed by atoms with Gasteiger partial charge in [0, 0.05) is 18.7 Å². The first-order chi connectivity index (χ1) is 16.8. The van der Waals surface area contributed by atoms with E-state index in [4.69, 9.17) is 27.9 Å². The predicted molar refractivity (Wildman–Crippen MR) is 133 cm³/mol. The van der Waals surface area contributed by atoms with Crippen molar-refractivity contribution in [3.05, 3.63) is 69.1 Å². The van der Waals surface area contributed by atoms with Gasteiger partial charge in [0.2, 0.25) is 5.95 Å². The SMILES string of the molecule is Cc1cc(/C=N/Nc2ncc(F)c(N3CCOCC3)n2)c(O)c(Cl)c1C(=O)Nc1ccccc1Cl. The number of hydrazone groups is 1. The second-order valence-corrected chi connectivity index (χ2v) is 8.37. The number of morpholine rings is 1. The molecule has 2 aromatic carbocycles. The van der Waals surface area contributed by atoms with Crippen molar-refractivity contribution in [3.8, 4) is 5.75 Å². The number of aryl methyl sites for hydroxylation is 1. The molecule has 0 aliphatic carbocycles. The average Bonchev–Trinajstić information content (AvgIpc) is 2.85. The van der Waals surface area contributed by atoms with Crippen molar-refractivity contribution >= 4 is 52.8 Å². The van der Waals surface area contributed by atoms with E-state index in [9.17, 15) is 14.3 Å². The van der Waals surface area contributed by atoms with Gasteiger partial charge in [0.1, 0.15) is 5.75 Å². The number of phenolic OH excluding ortho intramolecular Hbond substituents is 1. The van der Waals surface area contributed by atoms with Gasteiger partial charge >= 0.3 is 0 Å². The molecule has 0 saturated carbocycles. The lowest BCUT2D eigenvalue weighted by Gasteiger charge is -2.27. The molecule has 0 bridgehead atoms. The summed E-state index contributed by atoms with van der Waals surface area (Å²) in [6.07, 6.45) is 2.35. The van der Waals surface area contributed by atoms with Gasteiger partial charge < -0.3 is 20.1 Å². The van der Waals surface area contributed by atoms with Crippen molar-refractivity contribution in [2.24, 2.45) is 5.10 Å². The fraction of sp³-hybridized carbons (Fsp3) is 0.217. The number of carbonyl (C=O) groups excluding carboxylic acids is 1. The number of benzene rings is 2. The number of amides is 1. The van der Waals surface area contributed by atoms with Crippen LogP contribution in [0.3, 0.4) is 0 Å². The fourth-order valence-corrected chi connectivity index (χ4v) is 4.01. The Bertz CT molecular complexity index is 1280. The highest BCUT2D eigenvalue weighted by Crippen LogP contribution is 2.34. The van der Waals surface area contributed by atoms with Gasteiger partial charge in [-0.1, -0.05) is 35.3 Å². The van der Waals surface area contributed by atoms with Gasteiger partial charge in [-0.05, 0) is 30.7 Å². The maximum Gasteiger partial charge on any atom is 0.257 e. The second kappa shape index (κ2) is 10.9. The first kappa shape index (κ1) is 24.6. The number of hydrogen-bond donors (Lipinski definition) is 3. The summed E-state index contributed by atoms with van der Waals surface area (Å²) in [4.78, 5) is 22.6. The van der Waals surface area contributed by atoms with Crippen LogP contribution in [0.5, 0.6) is 5.75 Å². The molecule has 2 heterocycles. The van der Waals surface area contributed by atoms with Gasteiger partial charge in [0.15, 0.2) is 11.6 Å². The van der Waals surface area contributed by atoms with Crippen LogP contribution in [-0.2, 0) is 4.74 Å². The molecular weight excluding hydrogens is 498 g/mol. The molecule has 9 nitrogen and oxygen atoms in total. The van der Waals surface area contributed by atoms with Gasteiger partial charge in [0.05, 0.1) is 46.9 Å². The number of nitrogens with zero attached hydrogens (tertiary/aromatic N) is 4. The number of carbonyl (C=O) groups is 1. The Labute approximate surface area is 210 Å². The Morgan fingerprint density at radius 1 is 1.29 bits per heavy atom. The van der Waals surface area contributed by atoms with E-state index in [-0.39, 0.29) is 33.7 Å². The summed E-state index contributed by atoms with van der Waals surface area (Å²) in [6, 6.07) is 8.32. The summed E-state index contributed by atoms with van der Waals surface area (Å²) >= 11 is 12.4. The molecule has 1 saturated heterocycles. The molecule has 0 unspecified atom stereocenters. The van der Waals surface area contributed by atoms with E-state index >= 15 is 0 Å². The molecule has 0 atom stereocenters. The molecular formula is C23H21Cl2FN6O3. The molecule has 1 amide bonds. The van der Waals surface area contributed by atoms with E-state index in [1.54, 1.807) is 42.2 Å². The van der Waals surface area contributed by atoms with Crippen molar-refractivity contribution in [2.75, 3.05) is 41.9 Å². The Kier molecular flexibility index (Phi) is 7.64. The van der Waals surface area contributed by atoms with Crippen LogP contribution < -0.4 is 15.6 Å². The molecule has 0 radical (unpaired) electrons. The summed E-state index contributed by atoms with van der Waals surface area (Å²) < 4.78 is 19.5. The molecule has 0 spiro atoms. The van der Waals surface area contributed by atoms with Crippen LogP contribution in [0.1, 0.15) is 21.5 Å². The number of para-hydroxylation sites is 1. The Balaban J connectivity index is 1.51. The first-order valence-electron chi connectivity index (χ1n) is 10.6. The summed E-state index contributed by atoms with van der Waals surface area (Å²) in [5.41, 5.74) is 3.90. The van der Waals surface area contributed by atoms with Crippen LogP contribution in [-0.4, -0.2) is 53.5 Å². The lowest BCUT2D eigenvalue weighted by atomic mass is 10.0. The molecule has 1 aliphatic heterocycles. The van der Waals surface area contributed by atoms with Crippen molar-refractivity contribution in [1.82, 2.24) is 9.97 Å². The number of anilines is 3. The highest BCUT2D eigenvalue weighted by Gasteiger charge is 2.21. The summed E-state index contributed by atoms with van der Waals surface area (Å²) in [7, 11) is 0. The quantitative estimate of drug-likeness (QED) is 0.326. The minimum atomic E-state index is -0.549. The van der Waals surface area contributed by atoms with Crippen LogP contribution in [0, 0.1) is 12.7 Å². The van der Waals surface area contributed by atoms with E-state index in [0.29, 0.717) is 42.6 Å². The van der Waals surface area contributed by atoms with Crippen molar-refractivity contribution in [1.29, 1.82) is 0 Å². The molecule has 4 rings (SSSR count). The maximum absolute atomic E-state index is 14.2. The van der Waals surface area contributed by atoms with Gasteiger partial charge in [-0.3, -0.25) is 4.79 Å². The standard InChI is InChI=1S/C23H21Cl2FN6O3/c1-13-10-14(20(33)19(25)18(13)22(34)29-17-5-3-2-4-15(17)24)11-28-31-23-27-12-16(26)21(30-23)32-6-8-35-9-7-32/h2-5,10-12,33H,6-9H2,1H3,(H,29,34)(H,27,30,31)/b28-11+. The average molecular weight is 519 g/mol. The topological polar surface area (TPSA) is 112 Å². The summed E-state index contributed by atoms with van der Waals surface area (Å²) in [6.45, 7) is 3.67. The molecule has 1 fully saturated rings. The smallest absolute Gasteiger partial charge is 0.257 e. The zero-order valence-corrected chi connectivity index (χ0v) is 20.1. The first-order valence-corrected chi connectivity index (χ1v) is 11.3. The molecule has 3 aromatic rings. The Morgan fingerprint density at radius 3 is 2.77 bits per heavy atom. The van der Waals surface area contributed by atoms with E-state index in [0.717, 1.165) is 6.20 Å². The third kappa shape index (κ3) is 5.61. The summed E-state index contributed by atoms with van der Waals surface area (Å²) in [5.74, 6) is -1.18. The van der Waals surface area contributed by atoms with Crippen LogP contribution >= 0.6 is 23.2 Å². The lowest BCUT2D eigenvalue weighted by Crippen LogP contribution is -2.37. The predicted octanol–water partition coefficient (Wildman–Crippen LogP) is 4.47. The minimum Gasteiger partial charge on any atom is -0.506 e. The highest BCUT2D eigenvalue weighted by molar-refractivity contribution is 6.37. The van der Waals surface area contributed by atoms with Crippen molar-refractivity contribution in [3.63, 3.8) is 0 Å². The zero-order valence-electron chi connectivity index (χ0n) is 18.6. The van der Waals surface area contributed by atoms with E-state index in [1.165, 1.54) is 6.21 Å². The van der Waals surface area contributed by atoms with E-state index in [1.807, 2.05) is 0 Å². The number of halogens is 3. The van der Waals surface area contributed by atoms with Gasteiger partial charge in [-0.25, -0.2) is 14.8 Å². The Morgan fingerprint density at radius 2 is 2.03 bits per heavy atom. The number of aromatic nitrogens is 2. The minimum absolute atomic E-state index is 0.0715. The monoisotopic (exact) mass is 518 g/mol. The maximum atomic E-state index is 14.2. The lowest BCUT2D eigenvalue weighted by molar-refractivity contribution is 0.102. The van der Waals surface area contributed by atoms with Gasteiger partial charge in [-0.2, -0.15) is 10.1 Å². The van der Waals surface area contributed by atoms with Gasteiger partial charge in [0.25, 0.3) is 5.91 Å². The second-order valence-electron chi connectivity index (χ2n) is 7.59. The number of hydrogen-bond acceptors (Lipinski definition) is 8. The van der Waals surface area contributed by atoms with Crippen molar-refractivity contribution < 1.29 is 19.0 Å². The van der Waals surface area contributed by atoms with Crippen LogP contribution in [0.15, 0.2) is 41.6 Å². The number of aromatic hydroxyl groups is 1. The molecule has 1 aliphatic rings. The molecule has 35 heavy (non-hydrogen) atoms. The van der Waals surface area contributed by atoms with E-state index < -0.39 is 11.7 Å². The van der Waals surface area contributed by atoms with Crippen LogP contribution in [0.25, 0.3) is 0 Å². The highest BCUT2D eigenvalue weighted by atomic mass is 35.5. The van der Waals surface area contributed by atoms with E-state index in [2.05, 4.69) is 25.8 Å². The number of phenols is 1. The fourth-order valence-electron chi connectivity index (χ4n) is 3.49. The van der Waals surface area contributed by atoms with Crippen molar-refractivity contribution in [2.45, 2.75) is 6.92 Å². The molecule has 3 N–H and O–H groups in total. The normalized spacial score (nSPS) is 13.8. The number of ether oxygens (including phenoxy) is 1. The number of rotatable bonds is 6. The Hall–Kier alpha value is -3.47. The van der Waals surface area contributed by atoms with Crippen LogP contribution in [0.4, 0.5) is 21.8 Å². The third-order valence-electron chi connectivity index (χ3n) is 5.22. The molecule has 182 valence electrons. The summed E-state index contributed by atoms with van der Waals surface area (Å²) in [5, 5.41) is 17.5. The number of nitrogens with one attached hydrogen (secondary N) is 2. The van der Waals surface area contributed by atoms with Crippen LogP contribution in [0.2, 0.25) is 10.0 Å². The molecule has 12 heteroatoms. The largest absolute Gasteiger partial charge is 0.506 e. The third-order valence-corrected chi connectivity index (χ3v) is 5.92. The van der Waals surface area contributed by atoms with Gasteiger partial charge in [-0.15, -0.1) is 0 Å².